The molecule has 1 saturated heterocycles. The molecule has 2 unspecified atom stereocenters. The summed E-state index contributed by atoms with van der Waals surface area (Å²) in [5.41, 5.74) is 1.36. The first kappa shape index (κ1) is 20.1. The Kier molecular flexibility index (Phi) is 6.80. The van der Waals surface area contributed by atoms with Crippen molar-refractivity contribution in [3.63, 3.8) is 0 Å². The van der Waals surface area contributed by atoms with Crippen LogP contribution in [0.4, 0.5) is 0 Å². The van der Waals surface area contributed by atoms with E-state index in [1.165, 1.54) is 0 Å². The number of Topliss-reactive ketones (excluding diaryl/α,β-unsaturated/α-hetero) is 1. The lowest BCUT2D eigenvalue weighted by molar-refractivity contribution is -0.156. The molecule has 1 aliphatic rings. The minimum absolute atomic E-state index is 0.0245. The third-order valence-corrected chi connectivity index (χ3v) is 4.79. The normalized spacial score (nSPS) is 17.4. The second-order valence-electron chi connectivity index (χ2n) is 6.80. The van der Waals surface area contributed by atoms with E-state index >= 15 is 0 Å². The first-order valence-corrected chi connectivity index (χ1v) is 9.48. The number of hydrogen-bond acceptors (Lipinski definition) is 6. The number of aromatic nitrogens is 1. The maximum absolute atomic E-state index is 12.6. The van der Waals surface area contributed by atoms with E-state index in [9.17, 15) is 9.59 Å². The fraction of sp³-hybridized carbons (Fsp3) is 0.476. The van der Waals surface area contributed by atoms with Gasteiger partial charge in [0.15, 0.2) is 12.7 Å². The molecule has 0 spiro atoms. The molecule has 0 aliphatic carbocycles. The molecule has 0 bridgehead atoms. The van der Waals surface area contributed by atoms with Gasteiger partial charge in [0.2, 0.25) is 5.78 Å². The molecule has 0 saturated carbocycles. The van der Waals surface area contributed by atoms with Gasteiger partial charge in [-0.1, -0.05) is 18.2 Å². The van der Waals surface area contributed by atoms with Gasteiger partial charge in [-0.15, -0.1) is 0 Å². The van der Waals surface area contributed by atoms with Crippen LogP contribution in [-0.4, -0.2) is 48.3 Å². The van der Waals surface area contributed by atoms with Crippen LogP contribution >= 0.6 is 0 Å². The van der Waals surface area contributed by atoms with Crippen LogP contribution in [0.25, 0.3) is 10.9 Å². The summed E-state index contributed by atoms with van der Waals surface area (Å²) in [6.45, 7) is 2.83. The number of carbonyl (C=O) groups is 2. The molecule has 2 heterocycles. The van der Waals surface area contributed by atoms with Crippen LogP contribution in [0.3, 0.4) is 0 Å². The number of esters is 1. The zero-order chi connectivity index (χ0) is 19.9. The highest BCUT2D eigenvalue weighted by molar-refractivity contribution is 6.09. The molecule has 3 rings (SSSR count). The number of ether oxygens (including phenoxy) is 3. The van der Waals surface area contributed by atoms with E-state index in [1.54, 1.807) is 13.1 Å². The Morgan fingerprint density at radius 2 is 2.21 bits per heavy atom. The molecule has 7 heteroatoms. The Morgan fingerprint density at radius 1 is 1.39 bits per heavy atom. The van der Waals surface area contributed by atoms with E-state index in [2.05, 4.69) is 6.07 Å². The summed E-state index contributed by atoms with van der Waals surface area (Å²) >= 11 is 0. The van der Waals surface area contributed by atoms with Crippen molar-refractivity contribution in [1.29, 1.82) is 5.26 Å². The zero-order valence-electron chi connectivity index (χ0n) is 15.9. The lowest BCUT2D eigenvalue weighted by atomic mass is 10.1. The highest BCUT2D eigenvalue weighted by atomic mass is 16.6. The molecule has 1 fully saturated rings. The van der Waals surface area contributed by atoms with Gasteiger partial charge >= 0.3 is 5.97 Å². The number of nitriles is 1. The number of benzene rings is 1. The summed E-state index contributed by atoms with van der Waals surface area (Å²) in [5, 5.41) is 9.60. The summed E-state index contributed by atoms with van der Waals surface area (Å²) in [5.74, 6) is -0.855. The van der Waals surface area contributed by atoms with Gasteiger partial charge in [0.25, 0.3) is 0 Å². The third-order valence-electron chi connectivity index (χ3n) is 4.79. The predicted octanol–water partition coefficient (Wildman–Crippen LogP) is 2.86. The largest absolute Gasteiger partial charge is 0.455 e. The van der Waals surface area contributed by atoms with Crippen molar-refractivity contribution in [3.05, 3.63) is 36.0 Å². The Balaban J connectivity index is 1.58. The van der Waals surface area contributed by atoms with E-state index < -0.39 is 12.1 Å². The van der Waals surface area contributed by atoms with Gasteiger partial charge in [0.05, 0.1) is 25.2 Å². The van der Waals surface area contributed by atoms with E-state index in [4.69, 9.17) is 19.5 Å². The smallest absolute Gasteiger partial charge is 0.335 e. The van der Waals surface area contributed by atoms with Crippen molar-refractivity contribution in [2.45, 2.75) is 44.9 Å². The quantitative estimate of drug-likeness (QED) is 0.488. The summed E-state index contributed by atoms with van der Waals surface area (Å²) in [6, 6.07) is 9.58. The molecular formula is C21H24N2O5. The minimum atomic E-state index is -0.756. The lowest BCUT2D eigenvalue weighted by Gasteiger charge is -2.15. The average Bonchev–Trinajstić information content (AvgIpc) is 3.36. The maximum atomic E-state index is 12.6. The van der Waals surface area contributed by atoms with Crippen LogP contribution in [0, 0.1) is 11.3 Å². The fourth-order valence-electron chi connectivity index (χ4n) is 3.25. The van der Waals surface area contributed by atoms with Gasteiger partial charge in [-0.2, -0.15) is 5.26 Å². The Hall–Kier alpha value is -2.69. The van der Waals surface area contributed by atoms with Crippen LogP contribution in [0.15, 0.2) is 30.5 Å². The Bertz CT molecular complexity index is 877. The Morgan fingerprint density at radius 3 is 2.96 bits per heavy atom. The van der Waals surface area contributed by atoms with Crippen molar-refractivity contribution in [2.24, 2.45) is 0 Å². The number of nitrogens with zero attached hydrogens (tertiary/aromatic N) is 2. The number of para-hydroxylation sites is 1. The van der Waals surface area contributed by atoms with Crippen molar-refractivity contribution >= 4 is 22.7 Å². The molecule has 148 valence electrons. The van der Waals surface area contributed by atoms with Crippen molar-refractivity contribution in [1.82, 2.24) is 4.57 Å². The summed E-state index contributed by atoms with van der Waals surface area (Å²) < 4.78 is 18.0. The molecular weight excluding hydrogens is 360 g/mol. The second-order valence-corrected chi connectivity index (χ2v) is 6.80. The number of hydrogen-bond donors (Lipinski definition) is 0. The number of ketones is 1. The zero-order valence-corrected chi connectivity index (χ0v) is 15.9. The highest BCUT2D eigenvalue weighted by Crippen LogP contribution is 2.22. The van der Waals surface area contributed by atoms with Crippen LogP contribution in [0.1, 0.15) is 36.5 Å². The number of carbonyl (C=O) groups excluding carboxylic acids is 2. The molecule has 7 nitrogen and oxygen atoms in total. The summed E-state index contributed by atoms with van der Waals surface area (Å²) in [7, 11) is 0. The van der Waals surface area contributed by atoms with E-state index in [0.29, 0.717) is 25.1 Å². The maximum Gasteiger partial charge on any atom is 0.335 e. The van der Waals surface area contributed by atoms with Crippen LogP contribution < -0.4 is 0 Å². The van der Waals surface area contributed by atoms with Crippen molar-refractivity contribution in [2.75, 3.05) is 19.8 Å². The molecule has 1 aliphatic heterocycles. The van der Waals surface area contributed by atoms with Gasteiger partial charge in [-0.3, -0.25) is 4.79 Å². The van der Waals surface area contributed by atoms with Gasteiger partial charge in [-0.05, 0) is 25.8 Å². The molecule has 28 heavy (non-hydrogen) atoms. The molecule has 1 aromatic carbocycles. The van der Waals surface area contributed by atoms with Crippen LogP contribution in [-0.2, 0) is 25.5 Å². The first-order valence-electron chi connectivity index (χ1n) is 9.48. The SMILES string of the molecule is CC(OCC1CCCO1)C(=O)OCC(=O)c1cn(CCC#N)c2ccccc12. The number of aryl methyl sites for hydroxylation is 1. The van der Waals surface area contributed by atoms with Gasteiger partial charge < -0.3 is 18.8 Å². The van der Waals surface area contributed by atoms with Crippen molar-refractivity contribution < 1.29 is 23.8 Å². The first-order chi connectivity index (χ1) is 13.6. The molecule has 0 amide bonds. The Labute approximate surface area is 163 Å². The van der Waals surface area contributed by atoms with Crippen LogP contribution in [0.5, 0.6) is 0 Å². The molecule has 1 aromatic heterocycles. The minimum Gasteiger partial charge on any atom is -0.455 e. The highest BCUT2D eigenvalue weighted by Gasteiger charge is 2.22. The van der Waals surface area contributed by atoms with Crippen molar-refractivity contribution in [3.8, 4) is 6.07 Å². The topological polar surface area (TPSA) is 90.6 Å². The predicted molar refractivity (Wildman–Crippen MR) is 102 cm³/mol. The van der Waals surface area contributed by atoms with Gasteiger partial charge in [0.1, 0.15) is 0 Å². The standard InChI is InChI=1S/C21H24N2O5/c1-15(27-13-16-6-4-11-26-16)21(25)28-14-20(24)18-12-23(10-5-9-22)19-8-3-2-7-17(18)19/h2-3,7-8,12,15-16H,4-6,10-11,13-14H2,1H3. The third kappa shape index (κ3) is 4.77. The van der Waals surface area contributed by atoms with E-state index in [-0.39, 0.29) is 18.5 Å². The second kappa shape index (κ2) is 9.49. The summed E-state index contributed by atoms with van der Waals surface area (Å²) in [6.07, 6.45) is 3.26. The lowest BCUT2D eigenvalue weighted by Crippen LogP contribution is -2.28. The van der Waals surface area contributed by atoms with Gasteiger partial charge in [0, 0.05) is 35.8 Å². The van der Waals surface area contributed by atoms with Crippen LogP contribution in [0.2, 0.25) is 0 Å². The van der Waals surface area contributed by atoms with Gasteiger partial charge in [-0.25, -0.2) is 4.79 Å². The monoisotopic (exact) mass is 384 g/mol. The van der Waals surface area contributed by atoms with E-state index in [0.717, 1.165) is 30.4 Å². The molecule has 2 atom stereocenters. The fourth-order valence-corrected chi connectivity index (χ4v) is 3.25. The molecule has 2 aromatic rings. The molecule has 0 radical (unpaired) electrons. The molecule has 0 N–H and O–H groups in total. The number of rotatable bonds is 9. The summed E-state index contributed by atoms with van der Waals surface area (Å²) in [4.78, 5) is 24.7. The average molecular weight is 384 g/mol. The van der Waals surface area contributed by atoms with E-state index in [1.807, 2.05) is 28.8 Å². The number of fused-ring (bicyclic) bond motifs is 1.